The van der Waals surface area contributed by atoms with Crippen LogP contribution in [0.25, 0.3) is 0 Å². The molecule has 74 valence electrons. The van der Waals surface area contributed by atoms with E-state index in [2.05, 4.69) is 15.1 Å². The van der Waals surface area contributed by atoms with Gasteiger partial charge in [-0.25, -0.2) is 5.01 Å². The maximum absolute atomic E-state index is 5.38. The van der Waals surface area contributed by atoms with Gasteiger partial charge in [-0.1, -0.05) is 0 Å². The van der Waals surface area contributed by atoms with Crippen LogP contribution < -0.4 is 5.73 Å². The summed E-state index contributed by atoms with van der Waals surface area (Å²) in [6, 6.07) is 0. The Kier molecular flexibility index (Phi) is 3.47. The maximum Gasteiger partial charge on any atom is 0.186 e. The highest BCUT2D eigenvalue weighted by Gasteiger charge is 2.01. The van der Waals surface area contributed by atoms with Crippen LogP contribution in [0.5, 0.6) is 0 Å². The zero-order valence-corrected chi connectivity index (χ0v) is 8.82. The van der Waals surface area contributed by atoms with E-state index in [0.29, 0.717) is 11.4 Å². The number of nitrogens with zero attached hydrogens (tertiary/aromatic N) is 4. The van der Waals surface area contributed by atoms with Gasteiger partial charge in [0.05, 0.1) is 11.9 Å². The fraction of sp³-hybridized carbons (Fsp3) is 0.250. The first-order valence-electron chi connectivity index (χ1n) is 3.96. The summed E-state index contributed by atoms with van der Waals surface area (Å²) in [5.41, 5.74) is 6.80. The predicted molar refractivity (Wildman–Crippen MR) is 58.8 cm³/mol. The second-order valence-electron chi connectivity index (χ2n) is 2.64. The van der Waals surface area contributed by atoms with Gasteiger partial charge in [0.25, 0.3) is 0 Å². The number of thiocarbonyl (C=S) groups is 1. The molecule has 1 rings (SSSR count). The maximum atomic E-state index is 5.38. The van der Waals surface area contributed by atoms with Gasteiger partial charge in [-0.3, -0.25) is 9.97 Å². The topological polar surface area (TPSA) is 67.4 Å². The molecule has 6 heteroatoms. The summed E-state index contributed by atoms with van der Waals surface area (Å²) in [5, 5.41) is 5.76. The standard InChI is InChI=1S/C8H11N5S/c1-6(12-13(2)8(9)14)7-5-10-3-4-11-7/h3-5H,1-2H3,(H2,9,14)/b12-6-. The third-order valence-electron chi connectivity index (χ3n) is 1.55. The fourth-order valence-electron chi connectivity index (χ4n) is 0.811. The Balaban J connectivity index is 2.85. The number of hydrazone groups is 1. The van der Waals surface area contributed by atoms with E-state index in [-0.39, 0.29) is 5.11 Å². The van der Waals surface area contributed by atoms with E-state index in [4.69, 9.17) is 18.0 Å². The van der Waals surface area contributed by atoms with Gasteiger partial charge >= 0.3 is 0 Å². The number of hydrogen-bond donors (Lipinski definition) is 1. The predicted octanol–water partition coefficient (Wildman–Crippen LogP) is 0.376. The molecule has 0 radical (unpaired) electrons. The van der Waals surface area contributed by atoms with Crippen molar-refractivity contribution in [2.45, 2.75) is 6.92 Å². The van der Waals surface area contributed by atoms with Crippen molar-refractivity contribution in [2.75, 3.05) is 7.05 Å². The monoisotopic (exact) mass is 209 g/mol. The van der Waals surface area contributed by atoms with Crippen molar-refractivity contribution in [3.8, 4) is 0 Å². The Bertz CT molecular complexity index is 348. The second-order valence-corrected chi connectivity index (χ2v) is 3.06. The summed E-state index contributed by atoms with van der Waals surface area (Å²) in [4.78, 5) is 8.02. The highest BCUT2D eigenvalue weighted by Crippen LogP contribution is 1.95. The molecule has 0 saturated heterocycles. The van der Waals surface area contributed by atoms with Gasteiger partial charge in [0.15, 0.2) is 5.11 Å². The van der Waals surface area contributed by atoms with E-state index in [1.165, 1.54) is 5.01 Å². The molecule has 14 heavy (non-hydrogen) atoms. The van der Waals surface area contributed by atoms with Gasteiger partial charge < -0.3 is 5.73 Å². The van der Waals surface area contributed by atoms with E-state index in [0.717, 1.165) is 0 Å². The van der Waals surface area contributed by atoms with Crippen LogP contribution in [0.1, 0.15) is 12.6 Å². The minimum absolute atomic E-state index is 0.216. The lowest BCUT2D eigenvalue weighted by Crippen LogP contribution is -2.28. The molecule has 0 aromatic carbocycles. The third kappa shape index (κ3) is 2.74. The second kappa shape index (κ2) is 4.61. The molecule has 2 N–H and O–H groups in total. The van der Waals surface area contributed by atoms with Crippen molar-refractivity contribution in [1.82, 2.24) is 15.0 Å². The summed E-state index contributed by atoms with van der Waals surface area (Å²) in [5.74, 6) is 0. The lowest BCUT2D eigenvalue weighted by Gasteiger charge is -2.10. The van der Waals surface area contributed by atoms with Crippen LogP contribution in [0.2, 0.25) is 0 Å². The lowest BCUT2D eigenvalue weighted by molar-refractivity contribution is 0.548. The number of nitrogens with two attached hydrogens (primary N) is 1. The zero-order valence-electron chi connectivity index (χ0n) is 8.01. The summed E-state index contributed by atoms with van der Waals surface area (Å²) in [7, 11) is 1.68. The van der Waals surface area contributed by atoms with Crippen LogP contribution in [-0.2, 0) is 0 Å². The Morgan fingerprint density at radius 2 is 2.29 bits per heavy atom. The van der Waals surface area contributed by atoms with Crippen molar-refractivity contribution in [1.29, 1.82) is 0 Å². The van der Waals surface area contributed by atoms with Crippen LogP contribution in [0.4, 0.5) is 0 Å². The minimum atomic E-state index is 0.216. The van der Waals surface area contributed by atoms with Gasteiger partial charge in [-0.05, 0) is 19.1 Å². The van der Waals surface area contributed by atoms with Crippen molar-refractivity contribution in [3.05, 3.63) is 24.3 Å². The molecule has 1 heterocycles. The minimum Gasteiger partial charge on any atom is -0.375 e. The Hall–Kier alpha value is -1.56. The smallest absolute Gasteiger partial charge is 0.186 e. The van der Waals surface area contributed by atoms with E-state index >= 15 is 0 Å². The van der Waals surface area contributed by atoms with Crippen molar-refractivity contribution < 1.29 is 0 Å². The first kappa shape index (κ1) is 10.5. The molecule has 0 atom stereocenters. The SMILES string of the molecule is C/C(=N/N(C)C(N)=S)c1cnccn1. The summed E-state index contributed by atoms with van der Waals surface area (Å²) in [6.45, 7) is 1.82. The van der Waals surface area contributed by atoms with Crippen molar-refractivity contribution >= 4 is 23.0 Å². The van der Waals surface area contributed by atoms with E-state index in [9.17, 15) is 0 Å². The largest absolute Gasteiger partial charge is 0.375 e. The highest BCUT2D eigenvalue weighted by molar-refractivity contribution is 7.80. The third-order valence-corrected chi connectivity index (χ3v) is 1.82. The van der Waals surface area contributed by atoms with Crippen LogP contribution in [-0.4, -0.2) is 32.8 Å². The van der Waals surface area contributed by atoms with Crippen molar-refractivity contribution in [3.63, 3.8) is 0 Å². The highest BCUT2D eigenvalue weighted by atomic mass is 32.1. The van der Waals surface area contributed by atoms with E-state index in [1.807, 2.05) is 6.92 Å². The number of hydrogen-bond acceptors (Lipinski definition) is 4. The van der Waals surface area contributed by atoms with Crippen LogP contribution in [0.15, 0.2) is 23.7 Å². The van der Waals surface area contributed by atoms with Crippen LogP contribution in [0, 0.1) is 0 Å². The lowest BCUT2D eigenvalue weighted by atomic mass is 10.3. The molecule has 0 bridgehead atoms. The molecule has 0 aliphatic carbocycles. The normalized spacial score (nSPS) is 11.1. The molecule has 0 aliphatic heterocycles. The first-order chi connectivity index (χ1) is 6.61. The van der Waals surface area contributed by atoms with E-state index in [1.54, 1.807) is 25.6 Å². The number of rotatable bonds is 2. The van der Waals surface area contributed by atoms with Crippen LogP contribution in [0.3, 0.4) is 0 Å². The first-order valence-corrected chi connectivity index (χ1v) is 4.37. The molecule has 0 spiro atoms. The summed E-state index contributed by atoms with van der Waals surface area (Å²) < 4.78 is 0. The molecule has 1 aromatic rings. The average Bonchev–Trinajstić information content (AvgIpc) is 2.19. The molecule has 1 aromatic heterocycles. The Morgan fingerprint density at radius 1 is 1.57 bits per heavy atom. The van der Waals surface area contributed by atoms with E-state index < -0.39 is 0 Å². The molecule has 5 nitrogen and oxygen atoms in total. The quantitative estimate of drug-likeness (QED) is 0.433. The molecule has 0 amide bonds. The van der Waals surface area contributed by atoms with Gasteiger partial charge in [0, 0.05) is 19.4 Å². The fourth-order valence-corrected chi connectivity index (χ4v) is 0.852. The van der Waals surface area contributed by atoms with Gasteiger partial charge in [0.2, 0.25) is 0 Å². The van der Waals surface area contributed by atoms with Gasteiger partial charge in [0.1, 0.15) is 5.69 Å². The molecule has 0 fully saturated rings. The molecule has 0 aliphatic rings. The molecular formula is C8H11N5S. The zero-order chi connectivity index (χ0) is 10.6. The average molecular weight is 209 g/mol. The van der Waals surface area contributed by atoms with Gasteiger partial charge in [-0.2, -0.15) is 5.10 Å². The van der Waals surface area contributed by atoms with Crippen LogP contribution >= 0.6 is 12.2 Å². The molecule has 0 unspecified atom stereocenters. The molecule has 0 saturated carbocycles. The van der Waals surface area contributed by atoms with Gasteiger partial charge in [-0.15, -0.1) is 0 Å². The summed E-state index contributed by atoms with van der Waals surface area (Å²) in [6.07, 6.45) is 4.84. The molecular weight excluding hydrogens is 198 g/mol. The summed E-state index contributed by atoms with van der Waals surface area (Å²) >= 11 is 4.75. The Morgan fingerprint density at radius 3 is 2.79 bits per heavy atom. The van der Waals surface area contributed by atoms with Crippen molar-refractivity contribution in [2.24, 2.45) is 10.8 Å². The Labute approximate surface area is 87.7 Å². The number of aromatic nitrogens is 2.